The van der Waals surface area contributed by atoms with Crippen LogP contribution in [-0.4, -0.2) is 30.7 Å². The zero-order valence-electron chi connectivity index (χ0n) is 17.1. The minimum Gasteiger partial charge on any atom is -0.494 e. The minimum atomic E-state index is -0.775. The zero-order valence-corrected chi connectivity index (χ0v) is 18.6. The molecule has 2 amide bonds. The summed E-state index contributed by atoms with van der Waals surface area (Å²) < 4.78 is 5.58. The van der Waals surface area contributed by atoms with E-state index in [0.29, 0.717) is 17.2 Å². The second kappa shape index (κ2) is 11.6. The zero-order chi connectivity index (χ0) is 22.1. The number of hydrogen-bond donors (Lipinski definition) is 2. The summed E-state index contributed by atoms with van der Waals surface area (Å²) in [5.74, 6) is -0.265. The average molecular weight is 450 g/mol. The molecule has 6 nitrogen and oxygen atoms in total. The predicted molar refractivity (Wildman–Crippen MR) is 121 cm³/mol. The van der Waals surface area contributed by atoms with Crippen LogP contribution >= 0.6 is 23.2 Å². The van der Waals surface area contributed by atoms with Crippen LogP contribution in [0.4, 0.5) is 0 Å². The fourth-order valence-corrected chi connectivity index (χ4v) is 2.84. The van der Waals surface area contributed by atoms with Gasteiger partial charge in [-0.1, -0.05) is 56.1 Å². The molecule has 160 valence electrons. The smallest absolute Gasteiger partial charge is 0.262 e. The summed E-state index contributed by atoms with van der Waals surface area (Å²) in [7, 11) is 0. The molecule has 0 aromatic heterocycles. The van der Waals surface area contributed by atoms with Crippen LogP contribution in [0.2, 0.25) is 10.0 Å². The highest BCUT2D eigenvalue weighted by atomic mass is 35.5. The molecule has 1 atom stereocenters. The molecule has 0 saturated carbocycles. The van der Waals surface area contributed by atoms with Crippen LogP contribution in [0.3, 0.4) is 0 Å². The van der Waals surface area contributed by atoms with Crippen molar-refractivity contribution in [2.24, 2.45) is 11.0 Å². The first-order valence-electron chi connectivity index (χ1n) is 9.63. The van der Waals surface area contributed by atoms with Gasteiger partial charge in [-0.15, -0.1) is 0 Å². The maximum Gasteiger partial charge on any atom is 0.262 e. The maximum atomic E-state index is 12.6. The number of nitrogens with one attached hydrogen (secondary N) is 2. The van der Waals surface area contributed by atoms with E-state index in [4.69, 9.17) is 27.9 Å². The Balaban J connectivity index is 2.00. The highest BCUT2D eigenvalue weighted by Gasteiger charge is 2.24. The highest BCUT2D eigenvalue weighted by molar-refractivity contribution is 6.42. The van der Waals surface area contributed by atoms with Crippen molar-refractivity contribution in [3.8, 4) is 5.75 Å². The molecule has 0 aliphatic heterocycles. The van der Waals surface area contributed by atoms with Crippen molar-refractivity contribution in [1.29, 1.82) is 0 Å². The molecule has 2 rings (SSSR count). The fourth-order valence-electron chi connectivity index (χ4n) is 2.54. The summed E-state index contributed by atoms with van der Waals surface area (Å²) >= 11 is 11.8. The van der Waals surface area contributed by atoms with Crippen LogP contribution in [0.25, 0.3) is 0 Å². The van der Waals surface area contributed by atoms with E-state index in [-0.39, 0.29) is 10.9 Å². The highest BCUT2D eigenvalue weighted by Crippen LogP contribution is 2.22. The normalized spacial score (nSPS) is 12.1. The van der Waals surface area contributed by atoms with Crippen LogP contribution in [0, 0.1) is 5.92 Å². The lowest BCUT2D eigenvalue weighted by atomic mass is 10.0. The third-order valence-electron chi connectivity index (χ3n) is 4.14. The van der Waals surface area contributed by atoms with Crippen molar-refractivity contribution in [2.45, 2.75) is 33.2 Å². The van der Waals surface area contributed by atoms with E-state index in [1.54, 1.807) is 6.07 Å². The monoisotopic (exact) mass is 449 g/mol. The first kappa shape index (κ1) is 23.7. The number of carbonyl (C=O) groups is 2. The van der Waals surface area contributed by atoms with Crippen molar-refractivity contribution in [3.63, 3.8) is 0 Å². The number of ether oxygens (including phenoxy) is 1. The molecule has 0 aliphatic carbocycles. The second-order valence-electron chi connectivity index (χ2n) is 6.98. The van der Waals surface area contributed by atoms with E-state index in [9.17, 15) is 9.59 Å². The van der Waals surface area contributed by atoms with E-state index in [2.05, 4.69) is 15.8 Å². The van der Waals surface area contributed by atoms with Gasteiger partial charge in [-0.25, -0.2) is 5.43 Å². The Hall–Kier alpha value is -2.57. The Labute approximate surface area is 186 Å². The third kappa shape index (κ3) is 7.04. The fraction of sp³-hybridized carbons (Fsp3) is 0.318. The van der Waals surface area contributed by atoms with Crippen molar-refractivity contribution in [2.75, 3.05) is 6.61 Å². The van der Waals surface area contributed by atoms with Crippen molar-refractivity contribution in [1.82, 2.24) is 10.7 Å². The summed E-state index contributed by atoms with van der Waals surface area (Å²) in [6.45, 7) is 6.33. The molecular weight excluding hydrogens is 425 g/mol. The quantitative estimate of drug-likeness (QED) is 0.430. The minimum absolute atomic E-state index is 0.155. The molecular formula is C22H25Cl2N3O3. The van der Waals surface area contributed by atoms with E-state index in [1.165, 1.54) is 18.3 Å². The molecule has 0 heterocycles. The Bertz CT molecular complexity index is 916. The second-order valence-corrected chi connectivity index (χ2v) is 7.79. The van der Waals surface area contributed by atoms with Crippen molar-refractivity contribution < 1.29 is 14.3 Å². The number of hydrazone groups is 1. The molecule has 2 N–H and O–H groups in total. The standard InChI is InChI=1S/C22H25Cl2N3O3/c1-4-10-30-17-7-5-6-15(11-17)13-25-27-22(29)20(14(2)3)26-21(28)16-8-9-18(23)19(24)12-16/h5-9,11-14,20H,4,10H2,1-3H3,(H,26,28)(H,27,29). The first-order valence-corrected chi connectivity index (χ1v) is 10.4. The van der Waals surface area contributed by atoms with Crippen LogP contribution in [0.5, 0.6) is 5.75 Å². The molecule has 30 heavy (non-hydrogen) atoms. The molecule has 0 saturated heterocycles. The van der Waals surface area contributed by atoms with Gasteiger partial charge in [0.25, 0.3) is 11.8 Å². The summed E-state index contributed by atoms with van der Waals surface area (Å²) in [4.78, 5) is 25.1. The van der Waals surface area contributed by atoms with Gasteiger partial charge in [-0.3, -0.25) is 9.59 Å². The van der Waals surface area contributed by atoms with Gasteiger partial charge in [-0.05, 0) is 48.2 Å². The van der Waals surface area contributed by atoms with Crippen LogP contribution in [0.15, 0.2) is 47.6 Å². The summed E-state index contributed by atoms with van der Waals surface area (Å²) in [5, 5.41) is 7.34. The van der Waals surface area contributed by atoms with Gasteiger partial charge < -0.3 is 10.1 Å². The molecule has 0 fully saturated rings. The number of benzene rings is 2. The third-order valence-corrected chi connectivity index (χ3v) is 4.88. The number of amides is 2. The first-order chi connectivity index (χ1) is 14.3. The van der Waals surface area contributed by atoms with Gasteiger partial charge in [0.2, 0.25) is 0 Å². The number of nitrogens with zero attached hydrogens (tertiary/aromatic N) is 1. The van der Waals surface area contributed by atoms with Gasteiger partial charge in [-0.2, -0.15) is 5.10 Å². The molecule has 0 bridgehead atoms. The van der Waals surface area contributed by atoms with E-state index in [1.807, 2.05) is 45.0 Å². The average Bonchev–Trinajstić information content (AvgIpc) is 2.72. The van der Waals surface area contributed by atoms with E-state index >= 15 is 0 Å². The molecule has 8 heteroatoms. The molecule has 1 unspecified atom stereocenters. The number of rotatable bonds is 9. The van der Waals surface area contributed by atoms with Crippen molar-refractivity contribution >= 4 is 41.2 Å². The summed E-state index contributed by atoms with van der Waals surface area (Å²) in [6.07, 6.45) is 2.44. The van der Waals surface area contributed by atoms with Gasteiger partial charge in [0.05, 0.1) is 22.9 Å². The lowest BCUT2D eigenvalue weighted by Gasteiger charge is -2.20. The number of hydrogen-bond acceptors (Lipinski definition) is 4. The summed E-state index contributed by atoms with van der Waals surface area (Å²) in [6, 6.07) is 11.2. The largest absolute Gasteiger partial charge is 0.494 e. The number of halogens is 2. The molecule has 0 spiro atoms. The van der Waals surface area contributed by atoms with Gasteiger partial charge in [0.15, 0.2) is 0 Å². The Morgan fingerprint density at radius 3 is 2.57 bits per heavy atom. The Kier molecular flexibility index (Phi) is 9.15. The molecule has 0 radical (unpaired) electrons. The van der Waals surface area contributed by atoms with E-state index < -0.39 is 17.9 Å². The Morgan fingerprint density at radius 2 is 1.90 bits per heavy atom. The summed E-state index contributed by atoms with van der Waals surface area (Å²) in [5.41, 5.74) is 3.58. The predicted octanol–water partition coefficient (Wildman–Crippen LogP) is 4.69. The SMILES string of the molecule is CCCOc1cccc(C=NNC(=O)C(NC(=O)c2ccc(Cl)c(Cl)c2)C(C)C)c1. The maximum absolute atomic E-state index is 12.6. The topological polar surface area (TPSA) is 79.8 Å². The van der Waals surface area contributed by atoms with Crippen LogP contribution in [-0.2, 0) is 4.79 Å². The van der Waals surface area contributed by atoms with Gasteiger partial charge in [0, 0.05) is 5.56 Å². The van der Waals surface area contributed by atoms with Gasteiger partial charge in [0.1, 0.15) is 11.8 Å². The lowest BCUT2D eigenvalue weighted by Crippen LogP contribution is -2.48. The van der Waals surface area contributed by atoms with Crippen LogP contribution < -0.4 is 15.5 Å². The van der Waals surface area contributed by atoms with E-state index in [0.717, 1.165) is 17.7 Å². The number of carbonyl (C=O) groups excluding carboxylic acids is 2. The van der Waals surface area contributed by atoms with Gasteiger partial charge >= 0.3 is 0 Å². The lowest BCUT2D eigenvalue weighted by molar-refractivity contribution is -0.123. The molecule has 2 aromatic carbocycles. The Morgan fingerprint density at radius 1 is 1.13 bits per heavy atom. The van der Waals surface area contributed by atoms with Crippen molar-refractivity contribution in [3.05, 3.63) is 63.6 Å². The molecule has 0 aliphatic rings. The molecule has 2 aromatic rings. The van der Waals surface area contributed by atoms with Crippen LogP contribution in [0.1, 0.15) is 43.1 Å².